The Kier molecular flexibility index (Phi) is 5.12. The molecule has 2 rings (SSSR count). The molecule has 5 nitrogen and oxygen atoms in total. The third kappa shape index (κ3) is 4.60. The van der Waals surface area contributed by atoms with Crippen molar-refractivity contribution in [2.75, 3.05) is 13.1 Å². The summed E-state index contributed by atoms with van der Waals surface area (Å²) in [7, 11) is -3.31. The molecule has 0 saturated carbocycles. The molecule has 1 atom stereocenters. The first-order valence-electron chi connectivity index (χ1n) is 6.79. The van der Waals surface area contributed by atoms with Crippen LogP contribution in [0.1, 0.15) is 30.4 Å². The SMILES string of the molecule is N#Cc1ccc(CS(=O)(=O)NCC[C@@H]2CCCN2)cc1. The molecule has 1 aliphatic rings. The van der Waals surface area contributed by atoms with E-state index in [1.54, 1.807) is 24.3 Å². The van der Waals surface area contributed by atoms with Crippen molar-refractivity contribution in [1.82, 2.24) is 10.0 Å². The van der Waals surface area contributed by atoms with Crippen LogP contribution in [0.3, 0.4) is 0 Å². The molecule has 1 aromatic rings. The number of hydrogen-bond acceptors (Lipinski definition) is 4. The average Bonchev–Trinajstić information content (AvgIpc) is 2.92. The van der Waals surface area contributed by atoms with Gasteiger partial charge >= 0.3 is 0 Å². The van der Waals surface area contributed by atoms with E-state index in [0.717, 1.165) is 19.4 Å². The van der Waals surface area contributed by atoms with Crippen molar-refractivity contribution < 1.29 is 8.42 Å². The minimum atomic E-state index is -3.31. The van der Waals surface area contributed by atoms with Crippen LogP contribution in [-0.4, -0.2) is 27.5 Å². The molecule has 1 saturated heterocycles. The largest absolute Gasteiger partial charge is 0.314 e. The number of nitrogens with one attached hydrogen (secondary N) is 2. The van der Waals surface area contributed by atoms with Crippen LogP contribution in [0.4, 0.5) is 0 Å². The highest BCUT2D eigenvalue weighted by Crippen LogP contribution is 2.09. The Bertz CT molecular complexity index is 569. The molecule has 0 aliphatic carbocycles. The molecule has 1 aromatic carbocycles. The Morgan fingerprint density at radius 3 is 2.70 bits per heavy atom. The lowest BCUT2D eigenvalue weighted by molar-refractivity contribution is 0.539. The Labute approximate surface area is 120 Å². The fraction of sp³-hybridized carbons (Fsp3) is 0.500. The van der Waals surface area contributed by atoms with Crippen LogP contribution in [0.25, 0.3) is 0 Å². The maximum absolute atomic E-state index is 11.9. The second kappa shape index (κ2) is 6.84. The summed E-state index contributed by atoms with van der Waals surface area (Å²) in [6.45, 7) is 1.50. The first-order valence-corrected chi connectivity index (χ1v) is 8.44. The molecule has 2 N–H and O–H groups in total. The van der Waals surface area contributed by atoms with E-state index in [-0.39, 0.29) is 5.75 Å². The van der Waals surface area contributed by atoms with Gasteiger partial charge in [0.1, 0.15) is 0 Å². The van der Waals surface area contributed by atoms with Crippen molar-refractivity contribution in [1.29, 1.82) is 5.26 Å². The van der Waals surface area contributed by atoms with Gasteiger partial charge in [0.15, 0.2) is 0 Å². The third-order valence-electron chi connectivity index (χ3n) is 3.42. The molecule has 0 amide bonds. The normalized spacial score (nSPS) is 18.9. The molecule has 0 radical (unpaired) electrons. The van der Waals surface area contributed by atoms with Gasteiger partial charge in [-0.15, -0.1) is 0 Å². The first-order chi connectivity index (χ1) is 9.59. The smallest absolute Gasteiger partial charge is 0.215 e. The summed E-state index contributed by atoms with van der Waals surface area (Å²) in [5.41, 5.74) is 1.22. The Morgan fingerprint density at radius 1 is 1.35 bits per heavy atom. The summed E-state index contributed by atoms with van der Waals surface area (Å²) in [5.74, 6) is -0.0448. The summed E-state index contributed by atoms with van der Waals surface area (Å²) < 4.78 is 26.5. The lowest BCUT2D eigenvalue weighted by Crippen LogP contribution is -2.31. The molecule has 20 heavy (non-hydrogen) atoms. The van der Waals surface area contributed by atoms with Gasteiger partial charge in [-0.2, -0.15) is 5.26 Å². The lowest BCUT2D eigenvalue weighted by atomic mass is 10.2. The van der Waals surface area contributed by atoms with Crippen molar-refractivity contribution in [3.05, 3.63) is 35.4 Å². The third-order valence-corrected chi connectivity index (χ3v) is 4.77. The summed E-state index contributed by atoms with van der Waals surface area (Å²) in [6, 6.07) is 9.07. The minimum Gasteiger partial charge on any atom is -0.314 e. The van der Waals surface area contributed by atoms with Gasteiger partial charge in [0.25, 0.3) is 0 Å². The molecular weight excluding hydrogens is 274 g/mol. The van der Waals surface area contributed by atoms with E-state index in [1.165, 1.54) is 6.42 Å². The molecular formula is C14H19N3O2S. The number of sulfonamides is 1. The van der Waals surface area contributed by atoms with Gasteiger partial charge in [0, 0.05) is 12.6 Å². The lowest BCUT2D eigenvalue weighted by Gasteiger charge is -2.11. The molecule has 1 aliphatic heterocycles. The van der Waals surface area contributed by atoms with Crippen molar-refractivity contribution in [3.8, 4) is 6.07 Å². The minimum absolute atomic E-state index is 0.0448. The predicted octanol–water partition coefficient (Wildman–Crippen LogP) is 1.12. The van der Waals surface area contributed by atoms with Crippen LogP contribution in [0.2, 0.25) is 0 Å². The van der Waals surface area contributed by atoms with Crippen LogP contribution in [-0.2, 0) is 15.8 Å². The van der Waals surface area contributed by atoms with Crippen LogP contribution < -0.4 is 10.0 Å². The molecule has 1 fully saturated rings. The summed E-state index contributed by atoms with van der Waals surface area (Å²) in [6.07, 6.45) is 3.12. The van der Waals surface area contributed by atoms with E-state index < -0.39 is 10.0 Å². The molecule has 0 unspecified atom stereocenters. The fourth-order valence-corrected chi connectivity index (χ4v) is 3.50. The van der Waals surface area contributed by atoms with Crippen LogP contribution in [0, 0.1) is 11.3 Å². The van der Waals surface area contributed by atoms with E-state index in [9.17, 15) is 8.42 Å². The van der Waals surface area contributed by atoms with Gasteiger partial charge in [-0.05, 0) is 43.5 Å². The van der Waals surface area contributed by atoms with Gasteiger partial charge < -0.3 is 5.32 Å². The second-order valence-electron chi connectivity index (χ2n) is 5.04. The summed E-state index contributed by atoms with van der Waals surface area (Å²) in [5, 5.41) is 12.0. The van der Waals surface area contributed by atoms with Crippen molar-refractivity contribution >= 4 is 10.0 Å². The number of nitriles is 1. The molecule has 108 valence electrons. The number of rotatable bonds is 6. The van der Waals surface area contributed by atoms with Gasteiger partial charge in [-0.1, -0.05) is 12.1 Å². The van der Waals surface area contributed by atoms with Gasteiger partial charge in [-0.3, -0.25) is 0 Å². The highest BCUT2D eigenvalue weighted by Gasteiger charge is 2.16. The molecule has 0 aromatic heterocycles. The average molecular weight is 293 g/mol. The van der Waals surface area contributed by atoms with E-state index in [2.05, 4.69) is 10.0 Å². The predicted molar refractivity (Wildman–Crippen MR) is 77.4 cm³/mol. The zero-order chi connectivity index (χ0) is 14.4. The van der Waals surface area contributed by atoms with E-state index >= 15 is 0 Å². The quantitative estimate of drug-likeness (QED) is 0.823. The topological polar surface area (TPSA) is 82.0 Å². The Morgan fingerprint density at radius 2 is 2.10 bits per heavy atom. The van der Waals surface area contributed by atoms with Gasteiger partial charge in [0.05, 0.1) is 17.4 Å². The van der Waals surface area contributed by atoms with Gasteiger partial charge in [-0.25, -0.2) is 13.1 Å². The van der Waals surface area contributed by atoms with E-state index in [1.807, 2.05) is 6.07 Å². The van der Waals surface area contributed by atoms with Crippen molar-refractivity contribution in [2.45, 2.75) is 31.1 Å². The highest BCUT2D eigenvalue weighted by molar-refractivity contribution is 7.88. The van der Waals surface area contributed by atoms with Crippen LogP contribution >= 0.6 is 0 Å². The Balaban J connectivity index is 1.81. The van der Waals surface area contributed by atoms with Crippen LogP contribution in [0.15, 0.2) is 24.3 Å². The van der Waals surface area contributed by atoms with Crippen LogP contribution in [0.5, 0.6) is 0 Å². The van der Waals surface area contributed by atoms with Crippen molar-refractivity contribution in [2.24, 2.45) is 0 Å². The Hall–Kier alpha value is -1.42. The standard InChI is InChI=1S/C14H19N3O2S/c15-10-12-3-5-13(6-4-12)11-20(18,19)17-9-7-14-2-1-8-16-14/h3-6,14,16-17H,1-2,7-9,11H2/t14-/m0/s1. The monoisotopic (exact) mass is 293 g/mol. The van der Waals surface area contributed by atoms with E-state index in [4.69, 9.17) is 5.26 Å². The fourth-order valence-electron chi connectivity index (χ4n) is 2.34. The second-order valence-corrected chi connectivity index (χ2v) is 6.85. The zero-order valence-corrected chi connectivity index (χ0v) is 12.1. The summed E-state index contributed by atoms with van der Waals surface area (Å²) in [4.78, 5) is 0. The molecule has 6 heteroatoms. The van der Waals surface area contributed by atoms with E-state index in [0.29, 0.717) is 23.7 Å². The maximum atomic E-state index is 11.9. The molecule has 1 heterocycles. The van der Waals surface area contributed by atoms with Gasteiger partial charge in [0.2, 0.25) is 10.0 Å². The number of nitrogens with zero attached hydrogens (tertiary/aromatic N) is 1. The highest BCUT2D eigenvalue weighted by atomic mass is 32.2. The maximum Gasteiger partial charge on any atom is 0.215 e. The number of hydrogen-bond donors (Lipinski definition) is 2. The summed E-state index contributed by atoms with van der Waals surface area (Å²) >= 11 is 0. The zero-order valence-electron chi connectivity index (χ0n) is 11.3. The number of benzene rings is 1. The molecule has 0 spiro atoms. The first kappa shape index (κ1) is 15.0. The van der Waals surface area contributed by atoms with Crippen molar-refractivity contribution in [3.63, 3.8) is 0 Å². The molecule has 0 bridgehead atoms.